The van der Waals surface area contributed by atoms with Crippen molar-refractivity contribution < 1.29 is 72.5 Å². The van der Waals surface area contributed by atoms with Crippen LogP contribution in [0.25, 0.3) is 0 Å². The van der Waals surface area contributed by atoms with Crippen molar-refractivity contribution in [3.63, 3.8) is 0 Å². The normalized spacial score (nSPS) is 14.9. The maximum atomic E-state index is 13.7. The zero-order valence-corrected chi connectivity index (χ0v) is 41.8. The summed E-state index contributed by atoms with van der Waals surface area (Å²) in [5.74, 6) is -15.0. The highest BCUT2D eigenvalue weighted by atomic mass is 32.2. The van der Waals surface area contributed by atoms with Crippen LogP contribution >= 0.6 is 11.8 Å². The van der Waals surface area contributed by atoms with Crippen LogP contribution in [0.2, 0.25) is 0 Å². The molecule has 0 aromatic rings. The topological polar surface area (TPSA) is 489 Å². The monoisotopic (exact) mass is 1030 g/mol. The van der Waals surface area contributed by atoms with Crippen LogP contribution in [0.5, 0.6) is 0 Å². The molecule has 0 radical (unpaired) electrons. The standard InChI is InChI=1S/C42H73N13O15S/c1-18(2)12-21(43)34(61)48-22(8-9-29(44)57)35(62)49-23(10-11-71-7)36(63)50-24(14-30(45)58)37(64)51-25(15-31(46)59)39(66)54-28(17-56)40(67)55-33(20(5)6)41(68)52-26(16-32(47)60)38(65)53-27(42(69)70)13-19(3)4/h18-28,33,56H,8-17,43H2,1-7H3,(H2,44,57)(H2,45,58)(H2,46,59)(H2,47,60)(H,48,61)(H,49,62)(H,50,63)(H,51,64)(H,52,68)(H,53,65)(H,54,66)(H,55,67)(H,69,70)/t21-,22-,23-,24-,25-,26-,27-,28-,33-/m0/s1. The van der Waals surface area contributed by atoms with Crippen LogP contribution in [0.1, 0.15) is 92.9 Å². The SMILES string of the molecule is CSCC[C@H](NC(=O)[C@H](CCC(N)=O)NC(=O)[C@@H](N)CC(C)C)C(=O)N[C@@H](CC(N)=O)C(=O)N[C@@H](CC(N)=O)C(=O)N[C@@H](CO)C(=O)N[C@H](C(=O)N[C@@H](CC(N)=O)C(=O)N[C@@H](CC(C)C)C(=O)O)C(C)C. The molecule has 0 fully saturated rings. The molecule has 0 aromatic carbocycles. The molecule has 71 heavy (non-hydrogen) atoms. The fraction of sp³-hybridized carbons (Fsp3) is 0.690. The Bertz CT molecular complexity index is 1920. The quantitative estimate of drug-likeness (QED) is 0.0281. The van der Waals surface area contributed by atoms with Gasteiger partial charge < -0.3 is 81.4 Å². The van der Waals surface area contributed by atoms with Gasteiger partial charge in [-0.3, -0.25) is 57.5 Å². The Labute approximate surface area is 415 Å². The van der Waals surface area contributed by atoms with Crippen LogP contribution in [0.3, 0.4) is 0 Å². The highest BCUT2D eigenvalue weighted by Gasteiger charge is 2.37. The van der Waals surface area contributed by atoms with Crippen molar-refractivity contribution >= 4 is 88.6 Å². The van der Waals surface area contributed by atoms with E-state index in [4.69, 9.17) is 28.7 Å². The van der Waals surface area contributed by atoms with E-state index in [0.29, 0.717) is 0 Å². The zero-order valence-electron chi connectivity index (χ0n) is 41.0. The van der Waals surface area contributed by atoms with E-state index in [1.165, 1.54) is 25.6 Å². The molecular formula is C42H73N13O15S. The molecule has 28 nitrogen and oxygen atoms in total. The number of rotatable bonds is 35. The second-order valence-electron chi connectivity index (χ2n) is 17.8. The maximum Gasteiger partial charge on any atom is 0.326 e. The lowest BCUT2D eigenvalue weighted by Crippen LogP contribution is -2.62. The first kappa shape index (κ1) is 64.4. The Morgan fingerprint density at radius 2 is 0.803 bits per heavy atom. The number of aliphatic hydroxyl groups excluding tert-OH is 1. The van der Waals surface area contributed by atoms with Crippen molar-refractivity contribution in [2.24, 2.45) is 46.4 Å². The Morgan fingerprint density at radius 3 is 1.17 bits per heavy atom. The van der Waals surface area contributed by atoms with E-state index in [2.05, 4.69) is 42.5 Å². The molecule has 0 heterocycles. The number of carboxylic acid groups (broad SMARTS) is 1. The number of primary amides is 4. The molecule has 0 unspecified atom stereocenters. The van der Waals surface area contributed by atoms with Crippen molar-refractivity contribution in [2.45, 2.75) is 147 Å². The summed E-state index contributed by atoms with van der Waals surface area (Å²) in [6, 6.07) is -14.3. The largest absolute Gasteiger partial charge is 0.480 e. The summed E-state index contributed by atoms with van der Waals surface area (Å²) in [6.07, 6.45) is -1.43. The first-order valence-corrected chi connectivity index (χ1v) is 24.0. The van der Waals surface area contributed by atoms with Gasteiger partial charge in [0.25, 0.3) is 0 Å². The molecule has 0 bridgehead atoms. The number of nitrogens with one attached hydrogen (secondary N) is 8. The van der Waals surface area contributed by atoms with Crippen molar-refractivity contribution in [3.8, 4) is 0 Å². The molecule has 0 aliphatic rings. The molecule has 0 saturated carbocycles. The first-order chi connectivity index (χ1) is 32.9. The van der Waals surface area contributed by atoms with Crippen LogP contribution in [-0.2, 0) is 62.3 Å². The highest BCUT2D eigenvalue weighted by molar-refractivity contribution is 7.98. The van der Waals surface area contributed by atoms with Gasteiger partial charge in [0.15, 0.2) is 0 Å². The predicted molar refractivity (Wildman–Crippen MR) is 255 cm³/mol. The summed E-state index contributed by atoms with van der Waals surface area (Å²) < 4.78 is 0. The van der Waals surface area contributed by atoms with Crippen LogP contribution in [0, 0.1) is 17.8 Å². The minimum atomic E-state index is -1.96. The van der Waals surface area contributed by atoms with E-state index in [1.54, 1.807) is 20.1 Å². The zero-order chi connectivity index (χ0) is 54.9. The van der Waals surface area contributed by atoms with Crippen molar-refractivity contribution in [1.82, 2.24) is 42.5 Å². The van der Waals surface area contributed by atoms with E-state index in [0.717, 1.165) is 0 Å². The smallest absolute Gasteiger partial charge is 0.326 e. The molecule has 12 amide bonds. The lowest BCUT2D eigenvalue weighted by Gasteiger charge is -2.28. The molecule has 20 N–H and O–H groups in total. The molecule has 0 rings (SSSR count). The number of hydrogen-bond donors (Lipinski definition) is 15. The maximum absolute atomic E-state index is 13.7. The molecule has 0 aromatic heterocycles. The third-order valence-corrected chi connectivity index (χ3v) is 10.8. The summed E-state index contributed by atoms with van der Waals surface area (Å²) in [4.78, 5) is 167. The molecule has 0 saturated heterocycles. The third kappa shape index (κ3) is 25.7. The van der Waals surface area contributed by atoms with Gasteiger partial charge in [0.05, 0.1) is 31.9 Å². The van der Waals surface area contributed by atoms with E-state index < -0.39 is 163 Å². The Morgan fingerprint density at radius 1 is 0.451 bits per heavy atom. The van der Waals surface area contributed by atoms with Crippen LogP contribution < -0.4 is 71.2 Å². The van der Waals surface area contributed by atoms with E-state index >= 15 is 0 Å². The minimum absolute atomic E-state index is 0.00581. The summed E-state index contributed by atoms with van der Waals surface area (Å²) in [5, 5.41) is 37.9. The summed E-state index contributed by atoms with van der Waals surface area (Å²) in [5.41, 5.74) is 27.2. The second-order valence-corrected chi connectivity index (χ2v) is 18.8. The minimum Gasteiger partial charge on any atom is -0.480 e. The number of carbonyl (C=O) groups is 13. The van der Waals surface area contributed by atoms with Crippen molar-refractivity contribution in [2.75, 3.05) is 18.6 Å². The van der Waals surface area contributed by atoms with Gasteiger partial charge in [-0.2, -0.15) is 11.8 Å². The first-order valence-electron chi connectivity index (χ1n) is 22.6. The lowest BCUT2D eigenvalue weighted by atomic mass is 10.0. The lowest BCUT2D eigenvalue weighted by molar-refractivity contribution is -0.143. The number of carbonyl (C=O) groups excluding carboxylic acids is 12. The number of nitrogens with two attached hydrogens (primary N) is 5. The van der Waals surface area contributed by atoms with Gasteiger partial charge in [-0.25, -0.2) is 4.79 Å². The molecule has 402 valence electrons. The van der Waals surface area contributed by atoms with E-state index in [1.807, 2.05) is 13.8 Å². The molecule has 29 heteroatoms. The summed E-state index contributed by atoms with van der Waals surface area (Å²) >= 11 is 1.26. The average molecular weight is 1030 g/mol. The number of aliphatic carboxylic acids is 1. The van der Waals surface area contributed by atoms with Gasteiger partial charge in [0, 0.05) is 6.42 Å². The van der Waals surface area contributed by atoms with E-state index in [-0.39, 0.29) is 49.7 Å². The predicted octanol–water partition coefficient (Wildman–Crippen LogP) is -6.34. The van der Waals surface area contributed by atoms with Crippen LogP contribution in [0.15, 0.2) is 0 Å². The van der Waals surface area contributed by atoms with Gasteiger partial charge >= 0.3 is 5.97 Å². The Balaban J connectivity index is 6.46. The number of carboxylic acids is 1. The van der Waals surface area contributed by atoms with Crippen LogP contribution in [-0.4, -0.2) is 160 Å². The van der Waals surface area contributed by atoms with Crippen molar-refractivity contribution in [3.05, 3.63) is 0 Å². The summed E-state index contributed by atoms with van der Waals surface area (Å²) in [7, 11) is 0. The van der Waals surface area contributed by atoms with Gasteiger partial charge in [0.1, 0.15) is 48.3 Å². The third-order valence-electron chi connectivity index (χ3n) is 10.1. The fourth-order valence-corrected chi connectivity index (χ4v) is 6.96. The fourth-order valence-electron chi connectivity index (χ4n) is 6.48. The summed E-state index contributed by atoms with van der Waals surface area (Å²) in [6.45, 7) is 8.79. The molecular weight excluding hydrogens is 959 g/mol. The highest BCUT2D eigenvalue weighted by Crippen LogP contribution is 2.10. The molecule has 0 aliphatic carbocycles. The Kier molecular flexibility index (Phi) is 29.3. The number of aliphatic hydroxyl groups is 1. The van der Waals surface area contributed by atoms with Gasteiger partial charge in [-0.05, 0) is 55.4 Å². The number of hydrogen-bond acceptors (Lipinski definition) is 16. The molecule has 9 atom stereocenters. The van der Waals surface area contributed by atoms with Gasteiger partial charge in [-0.1, -0.05) is 41.5 Å². The molecule has 0 aliphatic heterocycles. The average Bonchev–Trinajstić information content (AvgIpc) is 3.24. The van der Waals surface area contributed by atoms with Crippen molar-refractivity contribution in [1.29, 1.82) is 0 Å². The van der Waals surface area contributed by atoms with Crippen LogP contribution in [0.4, 0.5) is 0 Å². The van der Waals surface area contributed by atoms with Gasteiger partial charge in [-0.15, -0.1) is 0 Å². The second kappa shape index (κ2) is 32.3. The number of thioether (sulfide) groups is 1. The van der Waals surface area contributed by atoms with E-state index in [9.17, 15) is 72.5 Å². The molecule has 0 spiro atoms. The number of amides is 12. The van der Waals surface area contributed by atoms with Gasteiger partial charge in [0.2, 0.25) is 70.9 Å². The Hall–Kier alpha value is -6.62.